The molecule has 2 aromatic heterocycles. The maximum absolute atomic E-state index is 9.42. The lowest BCUT2D eigenvalue weighted by Crippen LogP contribution is -2.28. The molecule has 0 spiro atoms. The van der Waals surface area contributed by atoms with Crippen molar-refractivity contribution >= 4 is 11.6 Å². The van der Waals surface area contributed by atoms with E-state index in [1.54, 1.807) is 27.5 Å². The molecule has 8 heteroatoms. The van der Waals surface area contributed by atoms with E-state index >= 15 is 0 Å². The van der Waals surface area contributed by atoms with Crippen molar-refractivity contribution in [1.29, 1.82) is 5.26 Å². The SMILES string of the molecule is COCCOc1cc(N2CCCc3cc(C4CC4)c(C(OC)OC)nc32)ncc1C#N. The first kappa shape index (κ1) is 21.5. The Morgan fingerprint density at radius 1 is 1.19 bits per heavy atom. The van der Waals surface area contributed by atoms with Gasteiger partial charge in [-0.05, 0) is 48.8 Å². The zero-order chi connectivity index (χ0) is 21.8. The van der Waals surface area contributed by atoms with E-state index in [1.807, 2.05) is 6.07 Å². The summed E-state index contributed by atoms with van der Waals surface area (Å²) in [5.74, 6) is 2.60. The molecule has 2 aromatic rings. The smallest absolute Gasteiger partial charge is 0.200 e. The van der Waals surface area contributed by atoms with Crippen LogP contribution in [0.2, 0.25) is 0 Å². The molecule has 4 rings (SSSR count). The van der Waals surface area contributed by atoms with Gasteiger partial charge >= 0.3 is 0 Å². The van der Waals surface area contributed by atoms with Crippen LogP contribution in [-0.4, -0.2) is 51.1 Å². The number of aryl methyl sites for hydroxylation is 1. The summed E-state index contributed by atoms with van der Waals surface area (Å²) in [6, 6.07) is 6.22. The predicted octanol–water partition coefficient (Wildman–Crippen LogP) is 3.63. The van der Waals surface area contributed by atoms with Crippen molar-refractivity contribution in [2.45, 2.75) is 37.9 Å². The Morgan fingerprint density at radius 2 is 2.00 bits per heavy atom. The Kier molecular flexibility index (Phi) is 6.66. The van der Waals surface area contributed by atoms with Crippen molar-refractivity contribution in [2.75, 3.05) is 46.0 Å². The summed E-state index contributed by atoms with van der Waals surface area (Å²) in [6.45, 7) is 1.59. The Morgan fingerprint density at radius 3 is 2.68 bits per heavy atom. The summed E-state index contributed by atoms with van der Waals surface area (Å²) in [7, 11) is 4.88. The normalized spacial score (nSPS) is 15.6. The summed E-state index contributed by atoms with van der Waals surface area (Å²) in [6.07, 6.45) is 5.37. The summed E-state index contributed by atoms with van der Waals surface area (Å²) in [5, 5.41) is 9.42. The molecule has 0 aromatic carbocycles. The highest BCUT2D eigenvalue weighted by Crippen LogP contribution is 2.45. The fraction of sp³-hybridized carbons (Fsp3) is 0.522. The van der Waals surface area contributed by atoms with Gasteiger partial charge in [-0.3, -0.25) is 0 Å². The number of methoxy groups -OCH3 is 3. The Bertz CT molecular complexity index is 967. The largest absolute Gasteiger partial charge is 0.490 e. The number of pyridine rings is 2. The Balaban J connectivity index is 1.73. The number of aromatic nitrogens is 2. The number of hydrogen-bond donors (Lipinski definition) is 0. The number of anilines is 2. The van der Waals surface area contributed by atoms with Crippen molar-refractivity contribution in [1.82, 2.24) is 9.97 Å². The van der Waals surface area contributed by atoms with Gasteiger partial charge in [-0.25, -0.2) is 9.97 Å². The highest BCUT2D eigenvalue weighted by atomic mass is 16.7. The van der Waals surface area contributed by atoms with Crippen molar-refractivity contribution < 1.29 is 18.9 Å². The van der Waals surface area contributed by atoms with Crippen molar-refractivity contribution in [3.63, 3.8) is 0 Å². The molecule has 0 bridgehead atoms. The van der Waals surface area contributed by atoms with E-state index in [0.29, 0.717) is 36.3 Å². The van der Waals surface area contributed by atoms with Gasteiger partial charge in [-0.2, -0.15) is 5.26 Å². The van der Waals surface area contributed by atoms with Gasteiger partial charge in [0, 0.05) is 33.9 Å². The number of rotatable bonds is 9. The Hall–Kier alpha value is -2.73. The lowest BCUT2D eigenvalue weighted by molar-refractivity contribution is -0.109. The van der Waals surface area contributed by atoms with Gasteiger partial charge in [0.2, 0.25) is 6.29 Å². The fourth-order valence-electron chi connectivity index (χ4n) is 3.99. The van der Waals surface area contributed by atoms with Crippen LogP contribution in [0.3, 0.4) is 0 Å². The van der Waals surface area contributed by atoms with Gasteiger partial charge in [0.25, 0.3) is 0 Å². The van der Waals surface area contributed by atoms with Crippen LogP contribution in [0.15, 0.2) is 18.3 Å². The molecule has 3 heterocycles. The molecule has 1 aliphatic heterocycles. The first-order valence-electron chi connectivity index (χ1n) is 10.6. The number of hydrogen-bond acceptors (Lipinski definition) is 8. The molecule has 0 radical (unpaired) electrons. The number of fused-ring (bicyclic) bond motifs is 1. The standard InChI is InChI=1S/C23H28N4O4/c1-28-9-10-31-19-12-20(25-14-17(19)13-24)27-8-4-5-16-11-18(15-6-7-15)21(26-22(16)27)23(29-2)30-3/h11-12,14-15,23H,4-10H2,1-3H3. The highest BCUT2D eigenvalue weighted by Gasteiger charge is 2.33. The Labute approximate surface area is 182 Å². The minimum atomic E-state index is -0.508. The summed E-state index contributed by atoms with van der Waals surface area (Å²) in [4.78, 5) is 11.7. The van der Waals surface area contributed by atoms with Crippen LogP contribution in [0, 0.1) is 11.3 Å². The minimum Gasteiger partial charge on any atom is -0.490 e. The zero-order valence-corrected chi connectivity index (χ0v) is 18.3. The van der Waals surface area contributed by atoms with Crippen molar-refractivity contribution in [3.8, 4) is 11.8 Å². The van der Waals surface area contributed by atoms with Crippen LogP contribution in [0.5, 0.6) is 5.75 Å². The van der Waals surface area contributed by atoms with Gasteiger partial charge in [-0.15, -0.1) is 0 Å². The average Bonchev–Trinajstić information content (AvgIpc) is 3.64. The van der Waals surface area contributed by atoms with E-state index in [-0.39, 0.29) is 0 Å². The van der Waals surface area contributed by atoms with Gasteiger partial charge in [0.15, 0.2) is 0 Å². The van der Waals surface area contributed by atoms with Crippen LogP contribution in [0.25, 0.3) is 0 Å². The molecule has 164 valence electrons. The van der Waals surface area contributed by atoms with E-state index in [9.17, 15) is 5.26 Å². The van der Waals surface area contributed by atoms with Crippen LogP contribution in [0.4, 0.5) is 11.6 Å². The quantitative estimate of drug-likeness (QED) is 0.445. The molecule has 1 fully saturated rings. The molecule has 0 amide bonds. The molecule has 0 N–H and O–H groups in total. The molecule has 1 saturated carbocycles. The monoisotopic (exact) mass is 424 g/mol. The molecule has 0 unspecified atom stereocenters. The molecule has 0 saturated heterocycles. The van der Waals surface area contributed by atoms with Crippen LogP contribution >= 0.6 is 0 Å². The predicted molar refractivity (Wildman–Crippen MR) is 115 cm³/mol. The summed E-state index contributed by atoms with van der Waals surface area (Å²) < 4.78 is 21.9. The second kappa shape index (κ2) is 9.60. The number of nitriles is 1. The molecule has 8 nitrogen and oxygen atoms in total. The zero-order valence-electron chi connectivity index (χ0n) is 18.3. The molecule has 31 heavy (non-hydrogen) atoms. The topological polar surface area (TPSA) is 89.7 Å². The third-order valence-corrected chi connectivity index (χ3v) is 5.68. The van der Waals surface area contributed by atoms with Crippen LogP contribution in [-0.2, 0) is 20.6 Å². The van der Waals surface area contributed by atoms with Crippen molar-refractivity contribution in [3.05, 3.63) is 40.7 Å². The fourth-order valence-corrected chi connectivity index (χ4v) is 3.99. The second-order valence-corrected chi connectivity index (χ2v) is 7.77. The average molecular weight is 425 g/mol. The van der Waals surface area contributed by atoms with Gasteiger partial charge < -0.3 is 23.8 Å². The third-order valence-electron chi connectivity index (χ3n) is 5.68. The third kappa shape index (κ3) is 4.49. The van der Waals surface area contributed by atoms with Crippen molar-refractivity contribution in [2.24, 2.45) is 0 Å². The van der Waals surface area contributed by atoms with Crippen LogP contribution < -0.4 is 9.64 Å². The maximum Gasteiger partial charge on any atom is 0.200 e. The molecular weight excluding hydrogens is 396 g/mol. The lowest BCUT2D eigenvalue weighted by atomic mass is 9.99. The lowest BCUT2D eigenvalue weighted by Gasteiger charge is -2.31. The molecular formula is C23H28N4O4. The first-order valence-corrected chi connectivity index (χ1v) is 10.6. The minimum absolute atomic E-state index is 0.363. The maximum atomic E-state index is 9.42. The molecule has 0 atom stereocenters. The van der Waals surface area contributed by atoms with E-state index in [1.165, 1.54) is 24.0 Å². The molecule has 1 aliphatic carbocycles. The van der Waals surface area contributed by atoms with E-state index in [4.69, 9.17) is 23.9 Å². The van der Waals surface area contributed by atoms with E-state index in [2.05, 4.69) is 22.0 Å². The van der Waals surface area contributed by atoms with Crippen LogP contribution in [0.1, 0.15) is 53.9 Å². The first-order chi connectivity index (χ1) is 15.2. The van der Waals surface area contributed by atoms with E-state index < -0.39 is 6.29 Å². The van der Waals surface area contributed by atoms with Gasteiger partial charge in [0.05, 0.1) is 12.8 Å². The highest BCUT2D eigenvalue weighted by molar-refractivity contribution is 5.65. The second-order valence-electron chi connectivity index (χ2n) is 7.77. The summed E-state index contributed by atoms with van der Waals surface area (Å²) >= 11 is 0. The molecule has 2 aliphatic rings. The number of ether oxygens (including phenoxy) is 4. The summed E-state index contributed by atoms with van der Waals surface area (Å²) in [5.41, 5.74) is 3.67. The van der Waals surface area contributed by atoms with Gasteiger partial charge in [-0.1, -0.05) is 0 Å². The van der Waals surface area contributed by atoms with Gasteiger partial charge in [0.1, 0.15) is 41.3 Å². The number of nitrogens with zero attached hydrogens (tertiary/aromatic N) is 4. The van der Waals surface area contributed by atoms with E-state index in [0.717, 1.165) is 30.9 Å².